The van der Waals surface area contributed by atoms with E-state index < -0.39 is 0 Å². The molecule has 0 N–H and O–H groups in total. The third kappa shape index (κ3) is 7.13. The summed E-state index contributed by atoms with van der Waals surface area (Å²) in [7, 11) is 0. The summed E-state index contributed by atoms with van der Waals surface area (Å²) in [6.07, 6.45) is 0. The number of aromatic nitrogens is 5. The average Bonchev–Trinajstić information content (AvgIpc) is 3.95. The maximum absolute atomic E-state index is 10.2. The Morgan fingerprint density at radius 1 is 0.278 bits per heavy atom. The number of fused-ring (bicyclic) bond motifs is 6. The van der Waals surface area contributed by atoms with Crippen LogP contribution in [-0.2, 0) is 0 Å². The van der Waals surface area contributed by atoms with Gasteiger partial charge in [-0.1, -0.05) is 78.9 Å². The van der Waals surface area contributed by atoms with Crippen molar-refractivity contribution in [2.45, 2.75) is 0 Å². The van der Waals surface area contributed by atoms with Crippen LogP contribution in [0.5, 0.6) is 0 Å². The number of nitriles is 5. The molecular formula is C62H32N10. The number of hydrogen-bond acceptors (Lipinski definition) is 8. The molecule has 0 unspecified atom stereocenters. The molecule has 0 radical (unpaired) electrons. The first-order chi connectivity index (χ1) is 35.4. The van der Waals surface area contributed by atoms with Gasteiger partial charge in [-0.05, 0) is 126 Å². The fourth-order valence-electron chi connectivity index (χ4n) is 9.77. The van der Waals surface area contributed by atoms with E-state index in [1.54, 1.807) is 30.3 Å². The summed E-state index contributed by atoms with van der Waals surface area (Å²) in [4.78, 5) is 15.2. The molecule has 0 saturated heterocycles. The molecular weight excluding hydrogens is 885 g/mol. The third-order valence-electron chi connectivity index (χ3n) is 13.1. The summed E-state index contributed by atoms with van der Waals surface area (Å²) in [5.74, 6) is 1.51. The molecule has 0 fully saturated rings. The van der Waals surface area contributed by atoms with E-state index in [0.717, 1.165) is 93.9 Å². The fourth-order valence-corrected chi connectivity index (χ4v) is 9.77. The molecule has 3 aromatic heterocycles. The summed E-state index contributed by atoms with van der Waals surface area (Å²) < 4.78 is 4.32. The van der Waals surface area contributed by atoms with Crippen molar-refractivity contribution >= 4 is 43.6 Å². The van der Waals surface area contributed by atoms with Gasteiger partial charge < -0.3 is 9.13 Å². The van der Waals surface area contributed by atoms with Crippen LogP contribution in [0.15, 0.2) is 194 Å². The maximum Gasteiger partial charge on any atom is 0.164 e. The number of hydrogen-bond donors (Lipinski definition) is 0. The predicted octanol–water partition coefficient (Wildman–Crippen LogP) is 13.8. The van der Waals surface area contributed by atoms with Crippen LogP contribution in [0.3, 0.4) is 0 Å². The Balaban J connectivity index is 1.17. The molecule has 9 aromatic carbocycles. The van der Waals surface area contributed by atoms with Gasteiger partial charge in [-0.2, -0.15) is 26.3 Å². The van der Waals surface area contributed by atoms with Gasteiger partial charge in [0.1, 0.15) is 0 Å². The molecule has 10 nitrogen and oxygen atoms in total. The van der Waals surface area contributed by atoms with Gasteiger partial charge in [0.05, 0.1) is 91.6 Å². The fraction of sp³-hybridized carbons (Fsp3) is 0. The van der Waals surface area contributed by atoms with Gasteiger partial charge >= 0.3 is 0 Å². The first-order valence-corrected chi connectivity index (χ1v) is 22.9. The minimum Gasteiger partial charge on any atom is -0.309 e. The van der Waals surface area contributed by atoms with E-state index >= 15 is 0 Å². The van der Waals surface area contributed by atoms with Gasteiger partial charge in [0.25, 0.3) is 0 Å². The van der Waals surface area contributed by atoms with E-state index in [1.807, 2.05) is 133 Å². The SMILES string of the molecule is N#Cc1cccc(-c2cc(-c3cc(-c4nc(-c5ccccc5)nc(-c5ccccc5)n4)ccc3-n3c4ccc(C#N)cc4c4cc(C#N)ccc43)ccc2-n2c3ccc(C#N)cc3c3cc(C#N)ccc32)c1. The minimum absolute atomic E-state index is 0.465. The van der Waals surface area contributed by atoms with Crippen LogP contribution < -0.4 is 0 Å². The summed E-state index contributed by atoms with van der Waals surface area (Å²) in [6.45, 7) is 0. The Morgan fingerprint density at radius 3 is 1.01 bits per heavy atom. The van der Waals surface area contributed by atoms with Crippen LogP contribution >= 0.6 is 0 Å². The van der Waals surface area contributed by atoms with E-state index in [2.05, 4.69) is 69.8 Å². The van der Waals surface area contributed by atoms with E-state index in [9.17, 15) is 26.3 Å². The summed E-state index contributed by atoms with van der Waals surface area (Å²) in [5, 5.41) is 53.6. The number of benzene rings is 9. The second kappa shape index (κ2) is 17.3. The highest BCUT2D eigenvalue weighted by Crippen LogP contribution is 2.43. The Morgan fingerprint density at radius 2 is 0.611 bits per heavy atom. The van der Waals surface area contributed by atoms with Crippen molar-refractivity contribution in [1.82, 2.24) is 24.1 Å². The Hall–Kier alpha value is -11.0. The van der Waals surface area contributed by atoms with Crippen molar-refractivity contribution in [3.05, 3.63) is 222 Å². The smallest absolute Gasteiger partial charge is 0.164 e. The molecule has 0 saturated carbocycles. The maximum atomic E-state index is 10.2. The molecule has 12 aromatic rings. The van der Waals surface area contributed by atoms with Crippen molar-refractivity contribution < 1.29 is 0 Å². The topological polar surface area (TPSA) is 167 Å². The molecule has 0 aliphatic rings. The molecule has 12 rings (SSSR count). The van der Waals surface area contributed by atoms with Gasteiger partial charge in [0.15, 0.2) is 17.5 Å². The zero-order valence-corrected chi connectivity index (χ0v) is 37.9. The summed E-state index contributed by atoms with van der Waals surface area (Å²) in [6, 6.07) is 73.5. The highest BCUT2D eigenvalue weighted by Gasteiger charge is 2.23. The monoisotopic (exact) mass is 916 g/mol. The molecule has 330 valence electrons. The van der Waals surface area contributed by atoms with E-state index in [1.165, 1.54) is 0 Å². The van der Waals surface area contributed by atoms with Crippen LogP contribution in [0.4, 0.5) is 0 Å². The molecule has 3 heterocycles. The largest absolute Gasteiger partial charge is 0.309 e. The molecule has 0 spiro atoms. The second-order valence-corrected chi connectivity index (χ2v) is 17.2. The van der Waals surface area contributed by atoms with Gasteiger partial charge in [-0.15, -0.1) is 0 Å². The van der Waals surface area contributed by atoms with Crippen molar-refractivity contribution in [3.63, 3.8) is 0 Å². The first-order valence-electron chi connectivity index (χ1n) is 22.9. The van der Waals surface area contributed by atoms with E-state index in [0.29, 0.717) is 45.3 Å². The van der Waals surface area contributed by atoms with Crippen LogP contribution in [0.1, 0.15) is 27.8 Å². The zero-order chi connectivity index (χ0) is 48.9. The lowest BCUT2D eigenvalue weighted by Gasteiger charge is -2.19. The molecule has 0 amide bonds. The highest BCUT2D eigenvalue weighted by atomic mass is 15.0. The van der Waals surface area contributed by atoms with Gasteiger partial charge in [0.2, 0.25) is 0 Å². The van der Waals surface area contributed by atoms with Crippen molar-refractivity contribution in [2.24, 2.45) is 0 Å². The quantitative estimate of drug-likeness (QED) is 0.152. The highest BCUT2D eigenvalue weighted by molar-refractivity contribution is 6.12. The molecule has 0 aliphatic carbocycles. The molecule has 0 aliphatic heterocycles. The number of nitrogens with zero attached hydrogens (tertiary/aromatic N) is 10. The molecule has 10 heteroatoms. The standard InChI is InChI=1S/C62H32N10/c63-33-38-8-7-13-45(26-38)48-31-46(18-24-54(48)71-56-20-14-39(34-64)27-50(56)51-28-40(35-65)15-21-57(51)71)49-32-47(62-69-60(43-9-3-1-4-10-43)68-61(70-62)44-11-5-2-6-12-44)19-25-55(49)72-58-22-16-41(36-66)29-52(58)53-30-42(37-67)17-23-59(53)72/h1-32H. The molecule has 0 atom stereocenters. The lowest BCUT2D eigenvalue weighted by atomic mass is 9.94. The van der Waals surface area contributed by atoms with Crippen molar-refractivity contribution in [2.75, 3.05) is 0 Å². The lowest BCUT2D eigenvalue weighted by molar-refractivity contribution is 1.07. The predicted molar refractivity (Wildman–Crippen MR) is 279 cm³/mol. The Labute approximate surface area is 412 Å². The first kappa shape index (κ1) is 42.4. The summed E-state index contributed by atoms with van der Waals surface area (Å²) >= 11 is 0. The summed E-state index contributed by atoms with van der Waals surface area (Å²) in [5.41, 5.74) is 13.1. The van der Waals surface area contributed by atoms with Crippen molar-refractivity contribution in [1.29, 1.82) is 26.3 Å². The van der Waals surface area contributed by atoms with E-state index in [4.69, 9.17) is 15.0 Å². The van der Waals surface area contributed by atoms with Crippen LogP contribution in [0.25, 0.3) is 111 Å². The van der Waals surface area contributed by atoms with Gasteiger partial charge in [-0.3, -0.25) is 0 Å². The van der Waals surface area contributed by atoms with Crippen LogP contribution in [0, 0.1) is 56.7 Å². The van der Waals surface area contributed by atoms with Gasteiger partial charge in [0, 0.05) is 49.4 Å². The Kier molecular flexibility index (Phi) is 10.2. The third-order valence-corrected chi connectivity index (χ3v) is 13.1. The molecule has 72 heavy (non-hydrogen) atoms. The zero-order valence-electron chi connectivity index (χ0n) is 37.9. The second-order valence-electron chi connectivity index (χ2n) is 17.2. The molecule has 0 bridgehead atoms. The minimum atomic E-state index is 0.465. The van der Waals surface area contributed by atoms with Crippen molar-refractivity contribution in [3.8, 4) is 98.1 Å². The van der Waals surface area contributed by atoms with Crippen LogP contribution in [0.2, 0.25) is 0 Å². The Bertz CT molecular complexity index is 4250. The lowest BCUT2D eigenvalue weighted by Crippen LogP contribution is -2.02. The number of rotatable bonds is 7. The average molecular weight is 917 g/mol. The normalized spacial score (nSPS) is 11.0. The van der Waals surface area contributed by atoms with E-state index in [-0.39, 0.29) is 0 Å². The van der Waals surface area contributed by atoms with Crippen LogP contribution in [-0.4, -0.2) is 24.1 Å². The van der Waals surface area contributed by atoms with Gasteiger partial charge in [-0.25, -0.2) is 15.0 Å².